The molecule has 1 aliphatic rings. The molecule has 136 valence electrons. The largest absolute Gasteiger partial charge is 0.459 e. The van der Waals surface area contributed by atoms with Crippen LogP contribution in [0.4, 0.5) is 18.0 Å². The summed E-state index contributed by atoms with van der Waals surface area (Å²) >= 11 is 0. The van der Waals surface area contributed by atoms with Crippen molar-refractivity contribution in [3.05, 3.63) is 35.1 Å². The summed E-state index contributed by atoms with van der Waals surface area (Å²) in [5.41, 5.74) is -0.929. The van der Waals surface area contributed by atoms with Crippen molar-refractivity contribution in [2.75, 3.05) is 0 Å². The second-order valence-electron chi connectivity index (χ2n) is 7.33. The number of carbonyl (C=O) groups is 1. The first-order valence-corrected chi connectivity index (χ1v) is 8.13. The summed E-state index contributed by atoms with van der Waals surface area (Å²) in [6.07, 6.45) is -3.32. The van der Waals surface area contributed by atoms with Gasteiger partial charge < -0.3 is 14.5 Å². The molecule has 1 N–H and O–H groups in total. The maximum atomic E-state index is 13.3. The summed E-state index contributed by atoms with van der Waals surface area (Å²) in [5, 5.41) is 2.89. The summed E-state index contributed by atoms with van der Waals surface area (Å²) in [6, 6.07) is 4.45. The molecule has 7 heteroatoms. The summed E-state index contributed by atoms with van der Waals surface area (Å²) in [5.74, 6) is 0.447. The molecule has 1 aromatic carbocycles. The van der Waals surface area contributed by atoms with Crippen molar-refractivity contribution < 1.29 is 27.1 Å². The fourth-order valence-electron chi connectivity index (χ4n) is 2.65. The third kappa shape index (κ3) is 4.27. The molecule has 1 aliphatic carbocycles. The van der Waals surface area contributed by atoms with Gasteiger partial charge in [0.1, 0.15) is 16.9 Å². The Kier molecular flexibility index (Phi) is 4.21. The number of amides is 1. The first kappa shape index (κ1) is 17.6. The summed E-state index contributed by atoms with van der Waals surface area (Å²) in [6.45, 7) is 5.13. The number of ether oxygens (including phenoxy) is 1. The van der Waals surface area contributed by atoms with Gasteiger partial charge in [-0.05, 0) is 63.3 Å². The smallest absolute Gasteiger partial charge is 0.420 e. The Morgan fingerprint density at radius 1 is 1.24 bits per heavy atom. The number of hydrogen-bond acceptors (Lipinski definition) is 3. The molecule has 1 aromatic heterocycles. The van der Waals surface area contributed by atoms with Gasteiger partial charge >= 0.3 is 12.3 Å². The number of alkyl carbamates (subject to hydrolysis) is 1. The molecule has 0 radical (unpaired) electrons. The molecule has 0 aliphatic heterocycles. The highest BCUT2D eigenvalue weighted by Crippen LogP contribution is 2.45. The molecule has 1 saturated carbocycles. The zero-order valence-corrected chi connectivity index (χ0v) is 14.3. The Hall–Kier alpha value is -2.18. The van der Waals surface area contributed by atoms with E-state index in [0.29, 0.717) is 10.9 Å². The molecule has 0 spiro atoms. The van der Waals surface area contributed by atoms with Gasteiger partial charge in [-0.3, -0.25) is 0 Å². The summed E-state index contributed by atoms with van der Waals surface area (Å²) < 4.78 is 50.5. The van der Waals surface area contributed by atoms with Crippen molar-refractivity contribution in [3.63, 3.8) is 0 Å². The molecule has 0 atom stereocenters. The van der Waals surface area contributed by atoms with E-state index in [-0.39, 0.29) is 23.8 Å². The van der Waals surface area contributed by atoms with Crippen LogP contribution in [0.1, 0.15) is 56.4 Å². The van der Waals surface area contributed by atoms with Crippen molar-refractivity contribution >= 4 is 17.1 Å². The molecule has 0 unspecified atom stereocenters. The number of nitrogens with one attached hydrogen (secondary N) is 1. The first-order chi connectivity index (χ1) is 11.5. The predicted molar refractivity (Wildman–Crippen MR) is 86.3 cm³/mol. The van der Waals surface area contributed by atoms with Gasteiger partial charge in [-0.2, -0.15) is 13.2 Å². The van der Waals surface area contributed by atoms with Crippen LogP contribution in [0.15, 0.2) is 22.6 Å². The van der Waals surface area contributed by atoms with Gasteiger partial charge in [0.2, 0.25) is 0 Å². The van der Waals surface area contributed by atoms with Crippen LogP contribution < -0.4 is 5.32 Å². The zero-order chi connectivity index (χ0) is 18.4. The lowest BCUT2D eigenvalue weighted by atomic mass is 10.0. The number of furan rings is 1. The van der Waals surface area contributed by atoms with Crippen LogP contribution in [0, 0.1) is 0 Å². The Bertz CT molecular complexity index is 798. The Morgan fingerprint density at radius 2 is 1.92 bits per heavy atom. The van der Waals surface area contributed by atoms with E-state index in [1.165, 1.54) is 12.1 Å². The highest BCUT2D eigenvalue weighted by molar-refractivity contribution is 5.83. The average Bonchev–Trinajstić information content (AvgIpc) is 3.21. The molecule has 0 bridgehead atoms. The van der Waals surface area contributed by atoms with E-state index in [4.69, 9.17) is 9.15 Å². The monoisotopic (exact) mass is 355 g/mol. The molecular weight excluding hydrogens is 335 g/mol. The predicted octanol–water partition coefficient (Wildman–Crippen LogP) is 5.35. The summed E-state index contributed by atoms with van der Waals surface area (Å²) in [7, 11) is 0. The SMILES string of the molecule is CC(C)(C)OC(=O)NCc1cc2cc(C3CC3)cc(C(F)(F)F)c2o1. The lowest BCUT2D eigenvalue weighted by molar-refractivity contribution is -0.136. The lowest BCUT2D eigenvalue weighted by Gasteiger charge is -2.19. The second-order valence-corrected chi connectivity index (χ2v) is 7.33. The quantitative estimate of drug-likeness (QED) is 0.807. The second kappa shape index (κ2) is 5.97. The van der Waals surface area contributed by atoms with Gasteiger partial charge in [0, 0.05) is 5.39 Å². The minimum Gasteiger partial charge on any atom is -0.459 e. The normalized spacial score (nSPS) is 15.4. The standard InChI is InChI=1S/C18H20F3NO3/c1-17(2,3)25-16(23)22-9-13-7-12-6-11(10-4-5-10)8-14(15(12)24-13)18(19,20)21/h6-8,10H,4-5,9H2,1-3H3,(H,22,23). The molecule has 0 saturated heterocycles. The molecule has 4 nitrogen and oxygen atoms in total. The van der Waals surface area contributed by atoms with Gasteiger partial charge in [-0.25, -0.2) is 4.79 Å². The number of carbonyl (C=O) groups excluding carboxylic acids is 1. The van der Waals surface area contributed by atoms with Gasteiger partial charge in [-0.15, -0.1) is 0 Å². The highest BCUT2D eigenvalue weighted by atomic mass is 19.4. The van der Waals surface area contributed by atoms with E-state index < -0.39 is 23.4 Å². The third-order valence-electron chi connectivity index (χ3n) is 3.85. The minimum atomic E-state index is -4.49. The number of fused-ring (bicyclic) bond motifs is 1. The molecule has 2 aromatic rings. The zero-order valence-electron chi connectivity index (χ0n) is 14.3. The van der Waals surface area contributed by atoms with E-state index in [2.05, 4.69) is 5.32 Å². The molecule has 1 heterocycles. The van der Waals surface area contributed by atoms with E-state index in [1.807, 2.05) is 0 Å². The topological polar surface area (TPSA) is 51.5 Å². The molecular formula is C18H20F3NO3. The number of halogens is 3. The van der Waals surface area contributed by atoms with Gasteiger partial charge in [-0.1, -0.05) is 0 Å². The summed E-state index contributed by atoms with van der Waals surface area (Å²) in [4.78, 5) is 11.7. The van der Waals surface area contributed by atoms with Crippen LogP contribution in [-0.4, -0.2) is 11.7 Å². The Labute approximate surface area is 143 Å². The van der Waals surface area contributed by atoms with Crippen LogP contribution in [0.2, 0.25) is 0 Å². The Morgan fingerprint density at radius 3 is 2.48 bits per heavy atom. The van der Waals surface area contributed by atoms with E-state index in [9.17, 15) is 18.0 Å². The van der Waals surface area contributed by atoms with Crippen molar-refractivity contribution in [2.45, 2.75) is 57.9 Å². The van der Waals surface area contributed by atoms with E-state index >= 15 is 0 Å². The fraction of sp³-hybridized carbons (Fsp3) is 0.500. The van der Waals surface area contributed by atoms with Gasteiger partial charge in [0.15, 0.2) is 0 Å². The van der Waals surface area contributed by atoms with E-state index in [0.717, 1.165) is 12.8 Å². The van der Waals surface area contributed by atoms with Crippen LogP contribution >= 0.6 is 0 Å². The van der Waals surface area contributed by atoms with Crippen LogP contribution in [0.5, 0.6) is 0 Å². The molecule has 1 fully saturated rings. The third-order valence-corrected chi connectivity index (χ3v) is 3.85. The maximum Gasteiger partial charge on any atom is 0.420 e. The highest BCUT2D eigenvalue weighted by Gasteiger charge is 2.36. The van der Waals surface area contributed by atoms with E-state index in [1.54, 1.807) is 26.8 Å². The number of alkyl halides is 3. The van der Waals surface area contributed by atoms with Crippen LogP contribution in [0.3, 0.4) is 0 Å². The molecule has 1 amide bonds. The number of benzene rings is 1. The van der Waals surface area contributed by atoms with Crippen molar-refractivity contribution in [1.82, 2.24) is 5.32 Å². The van der Waals surface area contributed by atoms with Crippen LogP contribution in [-0.2, 0) is 17.5 Å². The average molecular weight is 355 g/mol. The van der Waals surface area contributed by atoms with Crippen LogP contribution in [0.25, 0.3) is 11.0 Å². The van der Waals surface area contributed by atoms with Crippen molar-refractivity contribution in [3.8, 4) is 0 Å². The number of rotatable bonds is 3. The lowest BCUT2D eigenvalue weighted by Crippen LogP contribution is -2.32. The van der Waals surface area contributed by atoms with Gasteiger partial charge in [0.05, 0.1) is 12.1 Å². The molecule has 25 heavy (non-hydrogen) atoms. The fourth-order valence-corrected chi connectivity index (χ4v) is 2.65. The molecule has 3 rings (SSSR count). The Balaban J connectivity index is 1.85. The first-order valence-electron chi connectivity index (χ1n) is 8.13. The minimum absolute atomic E-state index is 0.0420. The van der Waals surface area contributed by atoms with Crippen molar-refractivity contribution in [1.29, 1.82) is 0 Å². The number of hydrogen-bond donors (Lipinski definition) is 1. The van der Waals surface area contributed by atoms with Crippen molar-refractivity contribution in [2.24, 2.45) is 0 Å². The maximum absolute atomic E-state index is 13.3. The van der Waals surface area contributed by atoms with Gasteiger partial charge in [0.25, 0.3) is 0 Å².